The molecule has 1 atom stereocenters. The van der Waals surface area contributed by atoms with Crippen LogP contribution in [0.3, 0.4) is 0 Å². The van der Waals surface area contributed by atoms with Gasteiger partial charge in [0.2, 0.25) is 0 Å². The number of esters is 1. The van der Waals surface area contributed by atoms with Gasteiger partial charge in [-0.1, -0.05) is 84.1 Å². The Morgan fingerprint density at radius 3 is 2.41 bits per heavy atom. The third-order valence-corrected chi connectivity index (χ3v) is 10.1. The van der Waals surface area contributed by atoms with Gasteiger partial charge in [-0.2, -0.15) is 0 Å². The molecule has 7 rings (SSSR count). The molecule has 0 aliphatic carbocycles. The summed E-state index contributed by atoms with van der Waals surface area (Å²) in [5.74, 6) is -0.521. The average Bonchev–Trinajstić information content (AvgIpc) is 3.63. The van der Waals surface area contributed by atoms with E-state index in [9.17, 15) is 19.7 Å². The molecule has 4 aromatic carbocycles. The van der Waals surface area contributed by atoms with Crippen LogP contribution < -0.4 is 14.9 Å². The quantitative estimate of drug-likeness (QED) is 0.0737. The van der Waals surface area contributed by atoms with Crippen molar-refractivity contribution in [1.82, 2.24) is 9.13 Å². The molecule has 0 bridgehead atoms. The Kier molecular flexibility index (Phi) is 8.85. The molecule has 6 aromatic rings. The molecule has 2 aromatic heterocycles. The maximum atomic E-state index is 14.5. The van der Waals surface area contributed by atoms with Crippen LogP contribution in [0.25, 0.3) is 22.7 Å². The maximum absolute atomic E-state index is 14.5. The molecule has 1 aliphatic rings. The zero-order valence-electron chi connectivity index (χ0n) is 26.6. The zero-order chi connectivity index (χ0) is 34.1. The van der Waals surface area contributed by atoms with Crippen LogP contribution in [0.1, 0.15) is 35.2 Å². The van der Waals surface area contributed by atoms with Crippen LogP contribution in [-0.2, 0) is 16.1 Å². The van der Waals surface area contributed by atoms with Gasteiger partial charge in [-0.15, -0.1) is 11.8 Å². The van der Waals surface area contributed by atoms with E-state index in [1.54, 1.807) is 35.4 Å². The largest absolute Gasteiger partial charge is 0.463 e. The van der Waals surface area contributed by atoms with Gasteiger partial charge in [0.25, 0.3) is 11.2 Å². The number of para-hydroxylation sites is 1. The first-order valence-electron chi connectivity index (χ1n) is 15.6. The molecule has 0 fully saturated rings. The smallest absolute Gasteiger partial charge is 0.338 e. The summed E-state index contributed by atoms with van der Waals surface area (Å²) in [5.41, 5.74) is 4.80. The lowest BCUT2D eigenvalue weighted by atomic mass is 9.93. The van der Waals surface area contributed by atoms with Crippen molar-refractivity contribution < 1.29 is 14.5 Å². The Labute approximate surface area is 289 Å². The fourth-order valence-corrected chi connectivity index (χ4v) is 7.52. The Balaban J connectivity index is 1.41. The molecule has 0 spiro atoms. The highest BCUT2D eigenvalue weighted by Gasteiger charge is 2.35. The Morgan fingerprint density at radius 2 is 1.71 bits per heavy atom. The van der Waals surface area contributed by atoms with Crippen molar-refractivity contribution in [2.45, 2.75) is 24.4 Å². The van der Waals surface area contributed by atoms with Gasteiger partial charge < -0.3 is 9.30 Å². The first-order chi connectivity index (χ1) is 23.9. The minimum Gasteiger partial charge on any atom is -0.463 e. The number of fused-ring (bicyclic) bond motifs is 2. The van der Waals surface area contributed by atoms with Crippen LogP contribution in [0.4, 0.5) is 5.69 Å². The normalized spacial score (nSPS) is 14.5. The molecule has 11 heteroatoms. The van der Waals surface area contributed by atoms with Crippen molar-refractivity contribution in [3.05, 3.63) is 167 Å². The number of benzene rings is 4. The highest BCUT2D eigenvalue weighted by atomic mass is 32.2. The summed E-state index contributed by atoms with van der Waals surface area (Å²) in [7, 11) is 0. The molecule has 0 radical (unpaired) electrons. The standard InChI is InChI=1S/C38H30N4O5S2/c1-3-47-37(44)33-34(25-9-5-4-6-10-25)39-38-41(35(33)26-15-19-29(48-2)20-16-26)36(43)32(49-38)21-27-23-40(31-12-8-7-11-30(27)31)22-24-13-17-28(18-14-24)42(45)46/h4-21,23,35H,3,22H2,1-2H3/b32-21-/t35-/m1/s1. The minimum absolute atomic E-state index is 0.0391. The van der Waals surface area contributed by atoms with E-state index in [1.807, 2.05) is 97.4 Å². The first kappa shape index (κ1) is 32.0. The highest BCUT2D eigenvalue weighted by Crippen LogP contribution is 2.36. The van der Waals surface area contributed by atoms with Gasteiger partial charge in [-0.3, -0.25) is 19.5 Å². The summed E-state index contributed by atoms with van der Waals surface area (Å²) < 4.78 is 9.74. The van der Waals surface area contributed by atoms with E-state index in [1.165, 1.54) is 23.5 Å². The van der Waals surface area contributed by atoms with Gasteiger partial charge in [0.15, 0.2) is 4.80 Å². The van der Waals surface area contributed by atoms with E-state index in [0.717, 1.165) is 38.1 Å². The SMILES string of the molecule is CCOC(=O)C1=C(c2ccccc2)N=c2s/c(=C\c3cn(Cc4ccc([N+](=O)[O-])cc4)c4ccccc34)c(=O)n2[C@@H]1c1ccc(SC)cc1. The molecule has 3 heterocycles. The zero-order valence-corrected chi connectivity index (χ0v) is 28.2. The second kappa shape index (κ2) is 13.5. The van der Waals surface area contributed by atoms with Crippen LogP contribution in [-0.4, -0.2) is 32.9 Å². The molecule has 244 valence electrons. The molecule has 49 heavy (non-hydrogen) atoms. The fourth-order valence-electron chi connectivity index (χ4n) is 6.12. The Hall–Kier alpha value is -5.52. The van der Waals surface area contributed by atoms with Crippen LogP contribution in [0, 0.1) is 10.1 Å². The number of nitrogens with zero attached hydrogens (tertiary/aromatic N) is 4. The van der Waals surface area contributed by atoms with Crippen LogP contribution in [0.2, 0.25) is 0 Å². The maximum Gasteiger partial charge on any atom is 0.338 e. The summed E-state index contributed by atoms with van der Waals surface area (Å²) in [6.07, 6.45) is 5.86. The van der Waals surface area contributed by atoms with Gasteiger partial charge >= 0.3 is 5.97 Å². The number of non-ortho nitro benzene ring substituents is 1. The average molecular weight is 687 g/mol. The summed E-state index contributed by atoms with van der Waals surface area (Å²) in [4.78, 5) is 45.5. The molecular weight excluding hydrogens is 657 g/mol. The summed E-state index contributed by atoms with van der Waals surface area (Å²) in [6, 6.07) is 31.0. The number of rotatable bonds is 9. The van der Waals surface area contributed by atoms with Crippen LogP contribution in [0.5, 0.6) is 0 Å². The third-order valence-electron chi connectivity index (χ3n) is 8.41. The summed E-state index contributed by atoms with van der Waals surface area (Å²) in [6.45, 7) is 2.43. The number of thiazole rings is 1. The fraction of sp³-hybridized carbons (Fsp3) is 0.132. The van der Waals surface area contributed by atoms with E-state index >= 15 is 0 Å². The number of ether oxygens (including phenoxy) is 1. The van der Waals surface area contributed by atoms with Gasteiger partial charge in [0, 0.05) is 51.8 Å². The van der Waals surface area contributed by atoms with Gasteiger partial charge in [0.1, 0.15) is 0 Å². The molecule has 0 saturated carbocycles. The molecule has 0 saturated heterocycles. The van der Waals surface area contributed by atoms with Crippen molar-refractivity contribution >= 4 is 57.4 Å². The first-order valence-corrected chi connectivity index (χ1v) is 17.6. The van der Waals surface area contributed by atoms with E-state index in [2.05, 4.69) is 4.57 Å². The number of hydrogen-bond donors (Lipinski definition) is 0. The summed E-state index contributed by atoms with van der Waals surface area (Å²) >= 11 is 2.89. The van der Waals surface area contributed by atoms with E-state index in [4.69, 9.17) is 9.73 Å². The molecule has 0 N–H and O–H groups in total. The Bertz CT molecular complexity index is 2430. The van der Waals surface area contributed by atoms with Crippen molar-refractivity contribution in [2.75, 3.05) is 12.9 Å². The van der Waals surface area contributed by atoms with Crippen molar-refractivity contribution in [3.8, 4) is 0 Å². The lowest BCUT2D eigenvalue weighted by molar-refractivity contribution is -0.384. The van der Waals surface area contributed by atoms with Crippen molar-refractivity contribution in [2.24, 2.45) is 4.99 Å². The van der Waals surface area contributed by atoms with Gasteiger partial charge in [0.05, 0.1) is 33.4 Å². The molecule has 0 unspecified atom stereocenters. The monoisotopic (exact) mass is 686 g/mol. The van der Waals surface area contributed by atoms with Crippen molar-refractivity contribution in [1.29, 1.82) is 0 Å². The number of nitro groups is 1. The number of aromatic nitrogens is 2. The number of nitro benzene ring substituents is 1. The number of hydrogen-bond acceptors (Lipinski definition) is 8. The third kappa shape index (κ3) is 6.14. The second-order valence-electron chi connectivity index (χ2n) is 11.4. The number of carbonyl (C=O) groups is 1. The van der Waals surface area contributed by atoms with Gasteiger partial charge in [-0.25, -0.2) is 9.79 Å². The highest BCUT2D eigenvalue weighted by molar-refractivity contribution is 7.98. The minimum atomic E-state index is -0.757. The van der Waals surface area contributed by atoms with E-state index in [0.29, 0.717) is 27.1 Å². The predicted octanol–water partition coefficient (Wildman–Crippen LogP) is 6.57. The predicted molar refractivity (Wildman–Crippen MR) is 193 cm³/mol. The Morgan fingerprint density at radius 1 is 1.00 bits per heavy atom. The van der Waals surface area contributed by atoms with Gasteiger partial charge in [-0.05, 0) is 48.6 Å². The van der Waals surface area contributed by atoms with Crippen LogP contribution in [0.15, 0.2) is 130 Å². The van der Waals surface area contributed by atoms with Crippen LogP contribution >= 0.6 is 23.1 Å². The topological polar surface area (TPSA) is 109 Å². The van der Waals surface area contributed by atoms with E-state index < -0.39 is 16.9 Å². The molecule has 1 aliphatic heterocycles. The number of carbonyl (C=O) groups excluding carboxylic acids is 1. The summed E-state index contributed by atoms with van der Waals surface area (Å²) in [5, 5.41) is 12.1. The van der Waals surface area contributed by atoms with E-state index in [-0.39, 0.29) is 17.9 Å². The lowest BCUT2D eigenvalue weighted by Gasteiger charge is -2.26. The molecule has 9 nitrogen and oxygen atoms in total. The number of thioether (sulfide) groups is 1. The lowest BCUT2D eigenvalue weighted by Crippen LogP contribution is -2.40. The second-order valence-corrected chi connectivity index (χ2v) is 13.2. The van der Waals surface area contributed by atoms with Crippen molar-refractivity contribution in [3.63, 3.8) is 0 Å². The molecule has 0 amide bonds. The molecular formula is C38H30N4O5S2.